The minimum absolute atomic E-state index is 0.0960. The SMILES string of the molecule is Cc1ccc(CNC(=O)NCC(=O)NCc2cccc(-c3ncccn3)c2)cc1. The molecule has 0 spiro atoms. The van der Waals surface area contributed by atoms with Crippen molar-refractivity contribution in [2.75, 3.05) is 6.54 Å². The molecule has 0 saturated carbocycles. The molecule has 3 rings (SSSR count). The predicted molar refractivity (Wildman–Crippen MR) is 111 cm³/mol. The monoisotopic (exact) mass is 389 g/mol. The second kappa shape index (κ2) is 9.98. The quantitative estimate of drug-likeness (QED) is 0.579. The molecule has 0 aliphatic heterocycles. The molecule has 3 amide bonds. The lowest BCUT2D eigenvalue weighted by Crippen LogP contribution is -2.41. The molecule has 0 unspecified atom stereocenters. The van der Waals surface area contributed by atoms with Gasteiger partial charge in [-0.3, -0.25) is 4.79 Å². The van der Waals surface area contributed by atoms with Crippen molar-refractivity contribution >= 4 is 11.9 Å². The zero-order valence-corrected chi connectivity index (χ0v) is 16.2. The first kappa shape index (κ1) is 20.0. The summed E-state index contributed by atoms with van der Waals surface area (Å²) in [6.07, 6.45) is 3.37. The summed E-state index contributed by atoms with van der Waals surface area (Å²) in [5.74, 6) is 0.365. The highest BCUT2D eigenvalue weighted by molar-refractivity contribution is 5.83. The van der Waals surface area contributed by atoms with Crippen molar-refractivity contribution in [3.05, 3.63) is 83.7 Å². The number of aryl methyl sites for hydroxylation is 1. The number of amides is 3. The molecule has 7 heteroatoms. The largest absolute Gasteiger partial charge is 0.350 e. The minimum Gasteiger partial charge on any atom is -0.350 e. The summed E-state index contributed by atoms with van der Waals surface area (Å²) in [4.78, 5) is 32.3. The normalized spacial score (nSPS) is 10.2. The summed E-state index contributed by atoms with van der Waals surface area (Å²) in [6, 6.07) is 16.9. The van der Waals surface area contributed by atoms with Crippen LogP contribution < -0.4 is 16.0 Å². The summed E-state index contributed by atoms with van der Waals surface area (Å²) in [5.41, 5.74) is 3.97. The van der Waals surface area contributed by atoms with Gasteiger partial charge in [0.05, 0.1) is 6.54 Å². The zero-order valence-electron chi connectivity index (χ0n) is 16.2. The first-order valence-corrected chi connectivity index (χ1v) is 9.30. The number of hydrogen-bond acceptors (Lipinski definition) is 4. The smallest absolute Gasteiger partial charge is 0.315 e. The molecule has 0 aliphatic carbocycles. The number of rotatable bonds is 7. The Kier molecular flexibility index (Phi) is 6.89. The molecule has 7 nitrogen and oxygen atoms in total. The Bertz CT molecular complexity index is 958. The molecular weight excluding hydrogens is 366 g/mol. The average molecular weight is 389 g/mol. The van der Waals surface area contributed by atoms with Crippen LogP contribution in [-0.4, -0.2) is 28.5 Å². The fraction of sp³-hybridized carbons (Fsp3) is 0.182. The average Bonchev–Trinajstić information content (AvgIpc) is 2.76. The Morgan fingerprint density at radius 3 is 2.31 bits per heavy atom. The molecule has 1 aromatic heterocycles. The molecule has 0 saturated heterocycles. The van der Waals surface area contributed by atoms with E-state index in [1.54, 1.807) is 18.5 Å². The van der Waals surface area contributed by atoms with Gasteiger partial charge in [0, 0.05) is 31.0 Å². The third-order valence-electron chi connectivity index (χ3n) is 4.22. The molecule has 0 atom stereocenters. The van der Waals surface area contributed by atoms with Gasteiger partial charge in [0.25, 0.3) is 0 Å². The van der Waals surface area contributed by atoms with E-state index in [9.17, 15) is 9.59 Å². The predicted octanol–water partition coefficient (Wildman–Crippen LogP) is 2.57. The van der Waals surface area contributed by atoms with Gasteiger partial charge in [0.1, 0.15) is 0 Å². The van der Waals surface area contributed by atoms with Crippen LogP contribution in [0.2, 0.25) is 0 Å². The topological polar surface area (TPSA) is 96.0 Å². The molecule has 0 bridgehead atoms. The van der Waals surface area contributed by atoms with E-state index in [2.05, 4.69) is 25.9 Å². The van der Waals surface area contributed by atoms with E-state index in [1.165, 1.54) is 0 Å². The number of hydrogen-bond donors (Lipinski definition) is 3. The first-order valence-electron chi connectivity index (χ1n) is 9.30. The van der Waals surface area contributed by atoms with Gasteiger partial charge in [-0.2, -0.15) is 0 Å². The van der Waals surface area contributed by atoms with Crippen LogP contribution in [0.1, 0.15) is 16.7 Å². The van der Waals surface area contributed by atoms with Crippen LogP contribution in [0.3, 0.4) is 0 Å². The molecule has 1 heterocycles. The van der Waals surface area contributed by atoms with E-state index < -0.39 is 0 Å². The van der Waals surface area contributed by atoms with Gasteiger partial charge in [-0.25, -0.2) is 14.8 Å². The van der Waals surface area contributed by atoms with E-state index in [0.717, 1.165) is 22.3 Å². The molecular formula is C22H23N5O2. The molecule has 3 aromatic rings. The maximum Gasteiger partial charge on any atom is 0.315 e. The van der Waals surface area contributed by atoms with Gasteiger partial charge >= 0.3 is 6.03 Å². The Morgan fingerprint density at radius 1 is 0.828 bits per heavy atom. The van der Waals surface area contributed by atoms with Crippen molar-refractivity contribution in [2.45, 2.75) is 20.0 Å². The van der Waals surface area contributed by atoms with E-state index in [1.807, 2.05) is 55.5 Å². The molecule has 3 N–H and O–H groups in total. The Morgan fingerprint density at radius 2 is 1.55 bits per heavy atom. The number of carbonyl (C=O) groups excluding carboxylic acids is 2. The van der Waals surface area contributed by atoms with Crippen molar-refractivity contribution in [3.8, 4) is 11.4 Å². The van der Waals surface area contributed by atoms with Crippen molar-refractivity contribution in [1.29, 1.82) is 0 Å². The summed E-state index contributed by atoms with van der Waals surface area (Å²) in [5, 5.41) is 8.08. The first-order chi connectivity index (χ1) is 14.1. The number of carbonyl (C=O) groups is 2. The highest BCUT2D eigenvalue weighted by atomic mass is 16.2. The van der Waals surface area contributed by atoms with Gasteiger partial charge < -0.3 is 16.0 Å². The summed E-state index contributed by atoms with van der Waals surface area (Å²) in [6.45, 7) is 2.67. The zero-order chi connectivity index (χ0) is 20.5. The number of nitrogens with zero attached hydrogens (tertiary/aromatic N) is 2. The lowest BCUT2D eigenvalue weighted by molar-refractivity contribution is -0.120. The maximum absolute atomic E-state index is 12.0. The lowest BCUT2D eigenvalue weighted by atomic mass is 10.1. The lowest BCUT2D eigenvalue weighted by Gasteiger charge is -2.09. The highest BCUT2D eigenvalue weighted by Gasteiger charge is 2.06. The summed E-state index contributed by atoms with van der Waals surface area (Å²) in [7, 11) is 0. The van der Waals surface area contributed by atoms with Crippen LogP contribution in [0, 0.1) is 6.92 Å². The van der Waals surface area contributed by atoms with Gasteiger partial charge in [0.2, 0.25) is 5.91 Å². The molecule has 0 radical (unpaired) electrons. The Labute approximate surface area is 169 Å². The molecule has 0 fully saturated rings. The van der Waals surface area contributed by atoms with E-state index >= 15 is 0 Å². The van der Waals surface area contributed by atoms with Gasteiger partial charge in [-0.05, 0) is 30.2 Å². The van der Waals surface area contributed by atoms with Crippen LogP contribution >= 0.6 is 0 Å². The van der Waals surface area contributed by atoms with Gasteiger partial charge in [-0.15, -0.1) is 0 Å². The van der Waals surface area contributed by atoms with Crippen molar-refractivity contribution < 1.29 is 9.59 Å². The molecule has 2 aromatic carbocycles. The van der Waals surface area contributed by atoms with E-state index in [0.29, 0.717) is 18.9 Å². The Hall–Kier alpha value is -3.74. The standard InChI is InChI=1S/C22H23N5O2/c1-16-6-8-17(9-7-16)13-26-22(29)27-15-20(28)25-14-18-4-2-5-19(12-18)21-23-10-3-11-24-21/h2-12H,13-15H2,1H3,(H,25,28)(H2,26,27,29). The van der Waals surface area contributed by atoms with Gasteiger partial charge in [-0.1, -0.05) is 48.0 Å². The van der Waals surface area contributed by atoms with Crippen LogP contribution in [0.5, 0.6) is 0 Å². The molecule has 29 heavy (non-hydrogen) atoms. The van der Waals surface area contributed by atoms with Crippen LogP contribution in [0.4, 0.5) is 4.79 Å². The third-order valence-corrected chi connectivity index (χ3v) is 4.22. The van der Waals surface area contributed by atoms with Crippen molar-refractivity contribution in [2.24, 2.45) is 0 Å². The summed E-state index contributed by atoms with van der Waals surface area (Å²) < 4.78 is 0. The van der Waals surface area contributed by atoms with Crippen LogP contribution in [-0.2, 0) is 17.9 Å². The van der Waals surface area contributed by atoms with Crippen molar-refractivity contribution in [1.82, 2.24) is 25.9 Å². The highest BCUT2D eigenvalue weighted by Crippen LogP contribution is 2.15. The van der Waals surface area contributed by atoms with Crippen LogP contribution in [0.25, 0.3) is 11.4 Å². The summed E-state index contributed by atoms with van der Waals surface area (Å²) >= 11 is 0. The van der Waals surface area contributed by atoms with Crippen molar-refractivity contribution in [3.63, 3.8) is 0 Å². The number of aromatic nitrogens is 2. The fourth-order valence-electron chi connectivity index (χ4n) is 2.64. The minimum atomic E-state index is -0.385. The maximum atomic E-state index is 12.0. The number of urea groups is 1. The van der Waals surface area contributed by atoms with Crippen LogP contribution in [0.15, 0.2) is 67.0 Å². The second-order valence-electron chi connectivity index (χ2n) is 6.57. The number of benzene rings is 2. The third kappa shape index (κ3) is 6.42. The van der Waals surface area contributed by atoms with E-state index in [4.69, 9.17) is 0 Å². The molecule has 148 valence electrons. The van der Waals surface area contributed by atoms with Gasteiger partial charge in [0.15, 0.2) is 5.82 Å². The van der Waals surface area contributed by atoms with E-state index in [-0.39, 0.29) is 18.5 Å². The second-order valence-corrected chi connectivity index (χ2v) is 6.57. The fourth-order valence-corrected chi connectivity index (χ4v) is 2.64. The Balaban J connectivity index is 1.41. The number of nitrogens with one attached hydrogen (secondary N) is 3. The molecule has 0 aliphatic rings.